The van der Waals surface area contributed by atoms with Gasteiger partial charge in [0.2, 0.25) is 11.9 Å². The Morgan fingerprint density at radius 1 is 0.247 bits per heavy atom. The number of imidazole rings is 1. The van der Waals surface area contributed by atoms with Gasteiger partial charge in [0.1, 0.15) is 11.2 Å². The molecule has 0 aliphatic carbocycles. The molecule has 0 N–H and O–H groups in total. The first-order valence-corrected chi connectivity index (χ1v) is 24.7. The van der Waals surface area contributed by atoms with Crippen LogP contribution < -0.4 is 0 Å². The number of hydrogen-bond donors (Lipinski definition) is 0. The van der Waals surface area contributed by atoms with Crippen molar-refractivity contribution in [2.24, 2.45) is 0 Å². The van der Waals surface area contributed by atoms with Gasteiger partial charge in [-0.3, -0.25) is 13.7 Å². The summed E-state index contributed by atoms with van der Waals surface area (Å²) in [4.78, 5) is 17.1. The highest BCUT2D eigenvalue weighted by Crippen LogP contribution is 2.45. The Bertz CT molecular complexity index is 4890. The van der Waals surface area contributed by atoms with E-state index in [-0.39, 0.29) is 0 Å². The van der Waals surface area contributed by atoms with E-state index in [1.807, 2.05) is 0 Å². The van der Waals surface area contributed by atoms with E-state index in [0.29, 0.717) is 11.6 Å². The van der Waals surface area contributed by atoms with Gasteiger partial charge in [0.15, 0.2) is 5.65 Å². The topological polar surface area (TPSA) is 63.3 Å². The molecule has 340 valence electrons. The lowest BCUT2D eigenvalue weighted by Crippen LogP contribution is -2.07. The normalized spacial score (nSPS) is 12.1. The van der Waals surface area contributed by atoms with Crippen LogP contribution in [0.4, 0.5) is 0 Å². The van der Waals surface area contributed by atoms with Crippen molar-refractivity contribution in [3.05, 3.63) is 243 Å². The molecule has 0 saturated heterocycles. The van der Waals surface area contributed by atoms with Gasteiger partial charge in [-0.1, -0.05) is 170 Å². The molecule has 0 unspecified atom stereocenters. The largest absolute Gasteiger partial charge is 0.309 e. The van der Waals surface area contributed by atoms with Crippen LogP contribution in [0.3, 0.4) is 0 Å². The third-order valence-electron chi connectivity index (χ3n) is 14.9. The second-order valence-corrected chi connectivity index (χ2v) is 18.8. The molecule has 0 bridgehead atoms. The average molecular weight is 933 g/mol. The minimum absolute atomic E-state index is 0.541. The molecule has 6 aromatic heterocycles. The molecule has 16 rings (SSSR count). The second-order valence-electron chi connectivity index (χ2n) is 18.8. The van der Waals surface area contributed by atoms with Gasteiger partial charge < -0.3 is 9.13 Å². The summed E-state index contributed by atoms with van der Waals surface area (Å²) in [5, 5.41) is 9.25. The molecule has 0 aliphatic heterocycles. The van der Waals surface area contributed by atoms with Crippen molar-refractivity contribution in [3.8, 4) is 40.2 Å². The fourth-order valence-corrected chi connectivity index (χ4v) is 12.0. The van der Waals surface area contributed by atoms with Crippen molar-refractivity contribution in [3.63, 3.8) is 0 Å². The lowest BCUT2D eigenvalue weighted by Gasteiger charge is -2.15. The fourth-order valence-electron chi connectivity index (χ4n) is 12.0. The molecule has 10 aromatic carbocycles. The van der Waals surface area contributed by atoms with Crippen LogP contribution in [0.1, 0.15) is 0 Å². The molecule has 0 aliphatic rings. The smallest absolute Gasteiger partial charge is 0.237 e. The lowest BCUT2D eigenvalue weighted by atomic mass is 10.1. The molecular formula is C65H40N8. The zero-order valence-electron chi connectivity index (χ0n) is 39.2. The molecular weight excluding hydrogens is 893 g/mol. The van der Waals surface area contributed by atoms with Crippen molar-refractivity contribution >= 4 is 98.4 Å². The standard InChI is InChI=1S/C65H40N8/c1-5-21-41(22-6-1)59-62-63(67-64(66-59)72-54-36-20-16-32-50(54)58-56(72)40-38-47-45-29-13-17-33-51(45)70(60(47)58)43-25-9-3-10-26-43)68-65(71(62)44-27-11-4-12-28-44)73-52-34-18-14-30-46(52)48-37-39-55-57(61(48)73)49-31-15-19-35-53(49)69(55)42-23-7-2-8-24-42/h1-40H. The molecule has 0 amide bonds. The van der Waals surface area contributed by atoms with E-state index in [1.54, 1.807) is 0 Å². The number of fused-ring (bicyclic) bond motifs is 15. The van der Waals surface area contributed by atoms with E-state index in [0.717, 1.165) is 116 Å². The van der Waals surface area contributed by atoms with Crippen molar-refractivity contribution in [1.29, 1.82) is 0 Å². The molecule has 0 spiro atoms. The maximum Gasteiger partial charge on any atom is 0.237 e. The average Bonchev–Trinajstić information content (AvgIpc) is 4.30. The van der Waals surface area contributed by atoms with Crippen molar-refractivity contribution < 1.29 is 0 Å². The number of nitrogens with zero attached hydrogens (tertiary/aromatic N) is 8. The van der Waals surface area contributed by atoms with Gasteiger partial charge in [-0.2, -0.15) is 9.97 Å². The molecule has 6 heterocycles. The fraction of sp³-hybridized carbons (Fsp3) is 0. The van der Waals surface area contributed by atoms with Gasteiger partial charge in [0.05, 0.1) is 44.1 Å². The van der Waals surface area contributed by atoms with Crippen LogP contribution in [-0.2, 0) is 0 Å². The van der Waals surface area contributed by atoms with Crippen molar-refractivity contribution in [1.82, 2.24) is 37.8 Å². The zero-order valence-corrected chi connectivity index (χ0v) is 39.2. The molecule has 16 aromatic rings. The summed E-state index contributed by atoms with van der Waals surface area (Å²) in [7, 11) is 0. The van der Waals surface area contributed by atoms with Crippen LogP contribution in [0.25, 0.3) is 139 Å². The first-order chi connectivity index (χ1) is 36.3. The first kappa shape index (κ1) is 39.8. The molecule has 0 saturated carbocycles. The Kier molecular flexibility index (Phi) is 8.29. The lowest BCUT2D eigenvalue weighted by molar-refractivity contribution is 0.956. The SMILES string of the molecule is c1ccc(-c2nc(-n3c4ccccc4c4c3ccc3c5ccccc5n(-c5ccccc5)c34)nc3nc(-n4c5ccccc5c5ccc6c(c7ccccc7n6-c6ccccc6)c54)n(-c4ccccc4)c23)cc1. The van der Waals surface area contributed by atoms with Crippen LogP contribution in [0, 0.1) is 0 Å². The highest BCUT2D eigenvalue weighted by molar-refractivity contribution is 6.27. The summed E-state index contributed by atoms with van der Waals surface area (Å²) in [5.74, 6) is 1.26. The number of aromatic nitrogens is 8. The third kappa shape index (κ3) is 5.57. The van der Waals surface area contributed by atoms with E-state index in [9.17, 15) is 0 Å². The van der Waals surface area contributed by atoms with Gasteiger partial charge in [-0.25, -0.2) is 4.98 Å². The van der Waals surface area contributed by atoms with Gasteiger partial charge >= 0.3 is 0 Å². The summed E-state index contributed by atoms with van der Waals surface area (Å²) in [5.41, 5.74) is 15.0. The third-order valence-corrected chi connectivity index (χ3v) is 14.9. The summed E-state index contributed by atoms with van der Waals surface area (Å²) in [6, 6.07) is 86.3. The van der Waals surface area contributed by atoms with Gasteiger partial charge in [0.25, 0.3) is 0 Å². The monoisotopic (exact) mass is 932 g/mol. The number of hydrogen-bond acceptors (Lipinski definition) is 3. The summed E-state index contributed by atoms with van der Waals surface area (Å²) in [6.45, 7) is 0. The Hall–Kier alpha value is -10.1. The van der Waals surface area contributed by atoms with E-state index in [4.69, 9.17) is 15.0 Å². The Morgan fingerprint density at radius 3 is 1.22 bits per heavy atom. The van der Waals surface area contributed by atoms with E-state index in [1.165, 1.54) is 10.8 Å². The summed E-state index contributed by atoms with van der Waals surface area (Å²) >= 11 is 0. The van der Waals surface area contributed by atoms with E-state index in [2.05, 4.69) is 265 Å². The van der Waals surface area contributed by atoms with E-state index < -0.39 is 0 Å². The van der Waals surface area contributed by atoms with Crippen molar-refractivity contribution in [2.45, 2.75) is 0 Å². The van der Waals surface area contributed by atoms with Gasteiger partial charge in [-0.15, -0.1) is 0 Å². The van der Waals surface area contributed by atoms with Crippen LogP contribution in [-0.4, -0.2) is 37.8 Å². The van der Waals surface area contributed by atoms with Crippen molar-refractivity contribution in [2.75, 3.05) is 0 Å². The molecule has 73 heavy (non-hydrogen) atoms. The minimum Gasteiger partial charge on any atom is -0.309 e. The molecule has 0 radical (unpaired) electrons. The predicted octanol–water partition coefficient (Wildman–Crippen LogP) is 15.9. The maximum absolute atomic E-state index is 5.78. The van der Waals surface area contributed by atoms with Crippen LogP contribution in [0.2, 0.25) is 0 Å². The molecule has 0 fully saturated rings. The zero-order chi connectivity index (χ0) is 47.7. The predicted molar refractivity (Wildman–Crippen MR) is 299 cm³/mol. The number of benzene rings is 10. The Balaban J connectivity index is 1.06. The van der Waals surface area contributed by atoms with Crippen LogP contribution in [0.5, 0.6) is 0 Å². The van der Waals surface area contributed by atoms with Gasteiger partial charge in [-0.05, 0) is 72.8 Å². The minimum atomic E-state index is 0.541. The number of para-hydroxylation sites is 7. The second kappa shape index (κ2) is 15.2. The maximum atomic E-state index is 5.78. The van der Waals surface area contributed by atoms with Crippen LogP contribution >= 0.6 is 0 Å². The summed E-state index contributed by atoms with van der Waals surface area (Å²) in [6.07, 6.45) is 0. The number of rotatable bonds is 6. The summed E-state index contributed by atoms with van der Waals surface area (Å²) < 4.78 is 11.7. The molecule has 8 nitrogen and oxygen atoms in total. The van der Waals surface area contributed by atoms with Crippen LogP contribution in [0.15, 0.2) is 243 Å². The highest BCUT2D eigenvalue weighted by atomic mass is 15.3. The first-order valence-electron chi connectivity index (χ1n) is 24.7. The molecule has 8 heteroatoms. The highest BCUT2D eigenvalue weighted by Gasteiger charge is 2.29. The van der Waals surface area contributed by atoms with Gasteiger partial charge in [0, 0.05) is 65.7 Å². The Labute approximate surface area is 417 Å². The Morgan fingerprint density at radius 2 is 0.658 bits per heavy atom. The quantitative estimate of drug-likeness (QED) is 0.167. The van der Waals surface area contributed by atoms with E-state index >= 15 is 0 Å². The molecule has 0 atom stereocenters.